The van der Waals surface area contributed by atoms with Gasteiger partial charge in [0.2, 0.25) is 0 Å². The van der Waals surface area contributed by atoms with Gasteiger partial charge in [-0.15, -0.1) is 0 Å². The number of carbonyl (C=O) groups is 2. The number of amides is 2. The van der Waals surface area contributed by atoms with E-state index in [1.807, 2.05) is 11.8 Å². The lowest BCUT2D eigenvalue weighted by Gasteiger charge is -2.36. The molecule has 0 bridgehead atoms. The standard InChI is InChI=1S/C14H25N3O2S/c1-20-14(5-3-2-4-6-14)11-16-12(18)13(19)17-9-7-15-8-10-17/h15H,2-11H2,1H3,(H,16,18). The molecule has 2 amide bonds. The Labute approximate surface area is 125 Å². The molecule has 0 unspecified atom stereocenters. The van der Waals surface area contributed by atoms with Crippen molar-refractivity contribution in [3.05, 3.63) is 0 Å². The minimum atomic E-state index is -0.439. The van der Waals surface area contributed by atoms with Crippen LogP contribution in [0.1, 0.15) is 32.1 Å². The van der Waals surface area contributed by atoms with Crippen LogP contribution < -0.4 is 10.6 Å². The second kappa shape index (κ2) is 7.31. The van der Waals surface area contributed by atoms with E-state index in [1.54, 1.807) is 4.90 Å². The third-order valence-electron chi connectivity index (χ3n) is 4.37. The number of piperazine rings is 1. The van der Waals surface area contributed by atoms with Crippen molar-refractivity contribution in [3.63, 3.8) is 0 Å². The number of rotatable bonds is 3. The van der Waals surface area contributed by atoms with Crippen LogP contribution in [0.4, 0.5) is 0 Å². The van der Waals surface area contributed by atoms with E-state index in [4.69, 9.17) is 0 Å². The predicted molar refractivity (Wildman–Crippen MR) is 81.8 cm³/mol. The molecule has 6 heteroatoms. The Hall–Kier alpha value is -0.750. The fraction of sp³-hybridized carbons (Fsp3) is 0.857. The van der Waals surface area contributed by atoms with Crippen molar-refractivity contribution < 1.29 is 9.59 Å². The summed E-state index contributed by atoms with van der Waals surface area (Å²) in [6.07, 6.45) is 8.11. The summed E-state index contributed by atoms with van der Waals surface area (Å²) in [5.41, 5.74) is 0. The van der Waals surface area contributed by atoms with Gasteiger partial charge in [-0.2, -0.15) is 11.8 Å². The smallest absolute Gasteiger partial charge is 0.311 e. The summed E-state index contributed by atoms with van der Waals surface area (Å²) in [5.74, 6) is -0.815. The molecule has 0 aromatic carbocycles. The zero-order valence-corrected chi connectivity index (χ0v) is 13.1. The van der Waals surface area contributed by atoms with Crippen LogP contribution in [0, 0.1) is 0 Å². The summed E-state index contributed by atoms with van der Waals surface area (Å²) >= 11 is 1.83. The Morgan fingerprint density at radius 2 is 1.85 bits per heavy atom. The Balaban J connectivity index is 1.82. The molecule has 2 aliphatic rings. The Morgan fingerprint density at radius 1 is 1.20 bits per heavy atom. The predicted octanol–water partition coefficient (Wildman–Crippen LogP) is 0.600. The lowest BCUT2D eigenvalue weighted by atomic mass is 9.88. The van der Waals surface area contributed by atoms with Gasteiger partial charge in [0.1, 0.15) is 0 Å². The van der Waals surface area contributed by atoms with Gasteiger partial charge in [0.15, 0.2) is 0 Å². The van der Waals surface area contributed by atoms with E-state index < -0.39 is 5.91 Å². The molecule has 114 valence electrons. The quantitative estimate of drug-likeness (QED) is 0.749. The maximum absolute atomic E-state index is 12.0. The first-order valence-electron chi connectivity index (χ1n) is 7.50. The molecule has 0 atom stereocenters. The summed E-state index contributed by atoms with van der Waals surface area (Å²) < 4.78 is 0.137. The molecule has 2 fully saturated rings. The highest BCUT2D eigenvalue weighted by Gasteiger charge is 2.33. The molecule has 2 rings (SSSR count). The summed E-state index contributed by atoms with van der Waals surface area (Å²) in [6.45, 7) is 3.41. The molecule has 1 heterocycles. The highest BCUT2D eigenvalue weighted by Crippen LogP contribution is 2.37. The molecule has 0 radical (unpaired) electrons. The average Bonchev–Trinajstić information content (AvgIpc) is 2.53. The highest BCUT2D eigenvalue weighted by atomic mass is 32.2. The number of nitrogens with one attached hydrogen (secondary N) is 2. The van der Waals surface area contributed by atoms with Crippen LogP contribution in [0.25, 0.3) is 0 Å². The molecular formula is C14H25N3O2S. The average molecular weight is 299 g/mol. The topological polar surface area (TPSA) is 61.4 Å². The maximum Gasteiger partial charge on any atom is 0.311 e. The number of thioether (sulfide) groups is 1. The van der Waals surface area contributed by atoms with Crippen molar-refractivity contribution >= 4 is 23.6 Å². The van der Waals surface area contributed by atoms with Gasteiger partial charge in [-0.05, 0) is 19.1 Å². The second-order valence-electron chi connectivity index (χ2n) is 5.67. The molecule has 2 N–H and O–H groups in total. The number of hydrogen-bond acceptors (Lipinski definition) is 4. The van der Waals surface area contributed by atoms with Crippen LogP contribution in [-0.2, 0) is 9.59 Å². The van der Waals surface area contributed by atoms with Gasteiger partial charge in [0.05, 0.1) is 0 Å². The lowest BCUT2D eigenvalue weighted by Crippen LogP contribution is -2.53. The molecule has 20 heavy (non-hydrogen) atoms. The van der Waals surface area contributed by atoms with E-state index >= 15 is 0 Å². The van der Waals surface area contributed by atoms with Crippen molar-refractivity contribution in [1.82, 2.24) is 15.5 Å². The van der Waals surface area contributed by atoms with Crippen LogP contribution in [0.15, 0.2) is 0 Å². The number of nitrogens with zero attached hydrogens (tertiary/aromatic N) is 1. The molecule has 5 nitrogen and oxygen atoms in total. The van der Waals surface area contributed by atoms with E-state index in [2.05, 4.69) is 16.9 Å². The Kier molecular flexibility index (Phi) is 5.72. The van der Waals surface area contributed by atoms with Crippen molar-refractivity contribution in [3.8, 4) is 0 Å². The van der Waals surface area contributed by atoms with E-state index in [9.17, 15) is 9.59 Å². The SMILES string of the molecule is CSC1(CNC(=O)C(=O)N2CCNCC2)CCCCC1. The van der Waals surface area contributed by atoms with Crippen LogP contribution in [0.3, 0.4) is 0 Å². The number of hydrogen-bond donors (Lipinski definition) is 2. The Bertz CT molecular complexity index is 350. The molecule has 0 aromatic heterocycles. The van der Waals surface area contributed by atoms with Gasteiger partial charge >= 0.3 is 11.8 Å². The molecule has 0 aromatic rings. The summed E-state index contributed by atoms with van der Waals surface area (Å²) in [6, 6.07) is 0. The molecular weight excluding hydrogens is 274 g/mol. The molecule has 0 spiro atoms. The fourth-order valence-electron chi connectivity index (χ4n) is 2.98. The zero-order chi connectivity index (χ0) is 14.4. The van der Waals surface area contributed by atoms with E-state index in [1.165, 1.54) is 19.3 Å². The van der Waals surface area contributed by atoms with Crippen LogP contribution >= 0.6 is 11.8 Å². The van der Waals surface area contributed by atoms with Crippen molar-refractivity contribution in [1.29, 1.82) is 0 Å². The van der Waals surface area contributed by atoms with Crippen molar-refractivity contribution in [2.75, 3.05) is 39.0 Å². The molecule has 1 saturated carbocycles. The van der Waals surface area contributed by atoms with Gasteiger partial charge in [-0.1, -0.05) is 19.3 Å². The summed E-state index contributed by atoms with van der Waals surface area (Å²) in [7, 11) is 0. The van der Waals surface area contributed by atoms with E-state index in [0.717, 1.165) is 25.9 Å². The molecule has 1 saturated heterocycles. The fourth-order valence-corrected chi connectivity index (χ4v) is 3.89. The minimum Gasteiger partial charge on any atom is -0.346 e. The van der Waals surface area contributed by atoms with E-state index in [0.29, 0.717) is 19.6 Å². The van der Waals surface area contributed by atoms with Crippen LogP contribution in [0.2, 0.25) is 0 Å². The minimum absolute atomic E-state index is 0.137. The monoisotopic (exact) mass is 299 g/mol. The normalized spacial score (nSPS) is 22.4. The first-order chi connectivity index (χ1) is 9.67. The Morgan fingerprint density at radius 3 is 2.45 bits per heavy atom. The molecule has 1 aliphatic heterocycles. The van der Waals surface area contributed by atoms with Gasteiger partial charge in [-0.3, -0.25) is 9.59 Å². The number of carbonyl (C=O) groups excluding carboxylic acids is 2. The highest BCUT2D eigenvalue weighted by molar-refractivity contribution is 8.00. The van der Waals surface area contributed by atoms with E-state index in [-0.39, 0.29) is 10.7 Å². The van der Waals surface area contributed by atoms with Gasteiger partial charge < -0.3 is 15.5 Å². The summed E-state index contributed by atoms with van der Waals surface area (Å²) in [5, 5.41) is 6.05. The van der Waals surface area contributed by atoms with Gasteiger partial charge in [0.25, 0.3) is 0 Å². The third kappa shape index (κ3) is 3.88. The van der Waals surface area contributed by atoms with Gasteiger partial charge in [-0.25, -0.2) is 0 Å². The van der Waals surface area contributed by atoms with Crippen LogP contribution in [-0.4, -0.2) is 60.4 Å². The van der Waals surface area contributed by atoms with Gasteiger partial charge in [0, 0.05) is 37.5 Å². The third-order valence-corrected chi connectivity index (χ3v) is 5.79. The lowest BCUT2D eigenvalue weighted by molar-refractivity contribution is -0.146. The first-order valence-corrected chi connectivity index (χ1v) is 8.72. The van der Waals surface area contributed by atoms with Crippen molar-refractivity contribution in [2.24, 2.45) is 0 Å². The largest absolute Gasteiger partial charge is 0.346 e. The zero-order valence-electron chi connectivity index (χ0n) is 12.2. The van der Waals surface area contributed by atoms with Crippen LogP contribution in [0.5, 0.6) is 0 Å². The van der Waals surface area contributed by atoms with Crippen molar-refractivity contribution in [2.45, 2.75) is 36.9 Å². The molecule has 1 aliphatic carbocycles. The first kappa shape index (κ1) is 15.6. The summed E-state index contributed by atoms with van der Waals surface area (Å²) in [4.78, 5) is 25.7. The maximum atomic E-state index is 12.0. The second-order valence-corrected chi connectivity index (χ2v) is 6.95.